The Labute approximate surface area is 758 Å². The van der Waals surface area contributed by atoms with Crippen molar-refractivity contribution in [2.45, 2.75) is 148 Å². The molecule has 6 bridgehead atoms. The summed E-state index contributed by atoms with van der Waals surface area (Å²) < 4.78 is 287. The monoisotopic (exact) mass is 1920 g/mol. The number of amides is 6. The molecule has 0 saturated carbocycles. The van der Waals surface area contributed by atoms with Crippen LogP contribution >= 0.6 is 11.6 Å². The molecule has 3 unspecified atom stereocenters. The minimum atomic E-state index is -4.99. The molecule has 6 aromatic carbocycles. The Bertz CT molecular complexity index is 4710. The van der Waals surface area contributed by atoms with Gasteiger partial charge in [0.2, 0.25) is 17.7 Å². The van der Waals surface area contributed by atoms with Gasteiger partial charge in [-0.15, -0.1) is 0 Å². The number of halogens is 19. The number of carbonyl (C=O) groups excluding carboxylic acids is 6. The second kappa shape index (κ2) is 41.5. The summed E-state index contributed by atoms with van der Waals surface area (Å²) in [6, 6.07) is 31.6. The number of hydrogen-bond acceptors (Lipinski definition) is 18. The highest BCUT2D eigenvalue weighted by molar-refractivity contribution is 6.62. The third-order valence-corrected chi connectivity index (χ3v) is 25.7. The Hall–Kier alpha value is -9.63. The lowest BCUT2D eigenvalue weighted by molar-refractivity contribution is -0.148. The number of piperazine rings is 3. The summed E-state index contributed by atoms with van der Waals surface area (Å²) in [6.07, 6.45) is -31.9. The first-order chi connectivity index (χ1) is 62.5. The molecule has 0 radical (unpaired) electrons. The third kappa shape index (κ3) is 25.0. The van der Waals surface area contributed by atoms with Crippen LogP contribution in [-0.4, -0.2) is 244 Å². The number of aliphatic hydroxyl groups is 1. The van der Waals surface area contributed by atoms with Crippen molar-refractivity contribution in [1.29, 1.82) is 0 Å². The van der Waals surface area contributed by atoms with Crippen molar-refractivity contribution in [2.24, 2.45) is 0 Å². The van der Waals surface area contributed by atoms with E-state index < -0.39 is 134 Å². The van der Waals surface area contributed by atoms with Crippen molar-refractivity contribution in [1.82, 2.24) is 45.3 Å². The molecule has 9 aliphatic rings. The van der Waals surface area contributed by atoms with Gasteiger partial charge >= 0.3 is 54.6 Å². The normalized spacial score (nSPS) is 26.4. The topological polar surface area (TPSA) is 252 Å². The Morgan fingerprint density at radius 2 is 0.609 bits per heavy atom. The number of rotatable bonds is 20. The SMILES string of the molecule is C[C@@H](OC[C@@]1(c2ccccc2)CC[C@]2(CO)CN1CC(=O)N2)c1cc(C(F)(F)F)cc(C(F)(F)F)c1.C[C@@H](OC[C@@]1(c2ccccc2)CC[C@]2(COC(=O)N3CCOCC3)CN1CC(=O)N2)c1cc(C(F)(F)F)cc(C(F)(F)F)c1.C[C@@H](OC[C@@]1(c2ccccc2)CC[C@]2(COC(=O)N3CCOCC3)CN1CC(=O)N2)c1cc(C(F)(F)F)cc(C(F)(F)F)c1.O=C(Cl)N1CCOCC1. The molecule has 6 aromatic rings. The number of hydrogen-bond donors (Lipinski definition) is 4. The number of benzene rings is 6. The van der Waals surface area contributed by atoms with Crippen LogP contribution in [0.25, 0.3) is 0 Å². The van der Waals surface area contributed by atoms with Crippen molar-refractivity contribution in [3.63, 3.8) is 0 Å². The van der Waals surface area contributed by atoms with Crippen LogP contribution in [0.4, 0.5) is 93.4 Å². The van der Waals surface area contributed by atoms with Crippen molar-refractivity contribution >= 4 is 46.9 Å². The summed E-state index contributed by atoms with van der Waals surface area (Å²) in [5.74, 6) is -0.894. The van der Waals surface area contributed by atoms with Crippen LogP contribution in [0.1, 0.15) is 144 Å². The summed E-state index contributed by atoms with van der Waals surface area (Å²) in [7, 11) is 0. The van der Waals surface area contributed by atoms with Gasteiger partial charge < -0.3 is 73.7 Å². The Morgan fingerprint density at radius 1 is 0.368 bits per heavy atom. The highest BCUT2D eigenvalue weighted by atomic mass is 35.5. The van der Waals surface area contributed by atoms with Crippen LogP contribution in [0.3, 0.4) is 0 Å². The van der Waals surface area contributed by atoms with E-state index in [-0.39, 0.29) is 130 Å². The number of morpholine rings is 3. The van der Waals surface area contributed by atoms with Crippen molar-refractivity contribution in [3.8, 4) is 0 Å². The Balaban J connectivity index is 0.000000172. The predicted molar refractivity (Wildman–Crippen MR) is 440 cm³/mol. The second-order valence-corrected chi connectivity index (χ2v) is 34.8. The van der Waals surface area contributed by atoms with Crippen LogP contribution in [0.2, 0.25) is 0 Å². The van der Waals surface area contributed by atoms with E-state index in [1.165, 1.54) is 30.6 Å². The van der Waals surface area contributed by atoms with Gasteiger partial charge in [-0.2, -0.15) is 79.0 Å². The molecule has 43 heteroatoms. The summed E-state index contributed by atoms with van der Waals surface area (Å²) in [6.45, 7) is 9.98. The quantitative estimate of drug-likeness (QED) is 0.0315. The molecule has 728 valence electrons. The minimum Gasteiger partial charge on any atom is -0.447 e. The van der Waals surface area contributed by atoms with Crippen molar-refractivity contribution in [3.05, 3.63) is 212 Å². The number of nitrogens with zero attached hydrogens (tertiary/aromatic N) is 6. The number of aliphatic hydroxyl groups excluding tert-OH is 1. The molecule has 0 aromatic heterocycles. The van der Waals surface area contributed by atoms with Gasteiger partial charge in [0.15, 0.2) is 0 Å². The van der Waals surface area contributed by atoms with Gasteiger partial charge in [0.05, 0.1) is 171 Å². The van der Waals surface area contributed by atoms with Gasteiger partial charge in [0.1, 0.15) is 13.2 Å². The molecule has 4 N–H and O–H groups in total. The first kappa shape index (κ1) is 102. The zero-order valence-corrected chi connectivity index (χ0v) is 73.1. The molecule has 133 heavy (non-hydrogen) atoms. The molecule has 9 aliphatic heterocycles. The maximum absolute atomic E-state index is 13.5. The van der Waals surface area contributed by atoms with Crippen LogP contribution < -0.4 is 16.0 Å². The van der Waals surface area contributed by atoms with Crippen LogP contribution in [0.5, 0.6) is 0 Å². The van der Waals surface area contributed by atoms with Gasteiger partial charge in [0, 0.05) is 58.9 Å². The van der Waals surface area contributed by atoms with E-state index in [0.29, 0.717) is 160 Å². The number of piperidine rings is 3. The fraction of sp³-hybridized carbons (Fsp3) is 0.533. The van der Waals surface area contributed by atoms with E-state index in [2.05, 4.69) is 16.0 Å². The van der Waals surface area contributed by atoms with Crippen LogP contribution in [0.15, 0.2) is 146 Å². The van der Waals surface area contributed by atoms with Gasteiger partial charge in [-0.25, -0.2) is 9.59 Å². The van der Waals surface area contributed by atoms with Gasteiger partial charge in [-0.1, -0.05) is 91.0 Å². The van der Waals surface area contributed by atoms with Gasteiger partial charge in [0.25, 0.3) is 0 Å². The lowest BCUT2D eigenvalue weighted by Crippen LogP contribution is -2.73. The Morgan fingerprint density at radius 3 is 0.850 bits per heavy atom. The van der Waals surface area contributed by atoms with E-state index >= 15 is 0 Å². The van der Waals surface area contributed by atoms with Crippen molar-refractivity contribution < 1.29 is 151 Å². The maximum atomic E-state index is 13.5. The number of carbonyl (C=O) groups is 6. The van der Waals surface area contributed by atoms with Gasteiger partial charge in [-0.05, 0) is 159 Å². The molecule has 9 saturated heterocycles. The second-order valence-electron chi connectivity index (χ2n) is 34.4. The lowest BCUT2D eigenvalue weighted by atomic mass is 9.73. The molecule has 15 rings (SSSR count). The number of alkyl halides is 18. The third-order valence-electron chi connectivity index (χ3n) is 25.5. The zero-order valence-electron chi connectivity index (χ0n) is 72.3. The first-order valence-corrected chi connectivity index (χ1v) is 43.1. The average Bonchev–Trinajstić information content (AvgIpc) is 0.740. The average molecular weight is 1930 g/mol. The molecule has 12 atom stereocenters. The summed E-state index contributed by atoms with van der Waals surface area (Å²) in [4.78, 5) is 84.5. The maximum Gasteiger partial charge on any atom is 0.416 e. The standard InChI is InChI=1S/2C30H33F6N3O5.C25H26F6N2O3.C5H8ClNO2/c2*1-20(21-13-23(29(31,32)33)15-24(14-21)30(34,35)36)43-19-28(22-5-3-2-4-6-22)8-7-27(17-39(28)16-25(40)37-27)18-44-26(41)38-9-11-42-12-10-38;1-16(17-9-19(24(26,27)28)11-20(10-17)25(29,30)31)36-15-23(18-5-3-2-4-6-18)8-7-22(14-34)13-33(23)12-21(35)32-22;6-5(8)7-1-3-9-4-2-7/h2*2-6,13-15,20H,7-12,16-19H2,1H3,(H,37,40);2-6,9-11,16,34H,7-8,12-15H2,1H3,(H,32,35);1-4H2/t2*20-,27-,28-;16-,22-,23-;/m111./s1. The molecular weight excluding hydrogens is 1820 g/mol. The van der Waals surface area contributed by atoms with E-state index in [0.717, 1.165) is 16.7 Å². The zero-order chi connectivity index (χ0) is 96.6. The molecule has 0 aliphatic carbocycles. The predicted octanol–water partition coefficient (Wildman–Crippen LogP) is 15.6. The van der Waals surface area contributed by atoms with Crippen LogP contribution in [0, 0.1) is 0 Å². The fourth-order valence-electron chi connectivity index (χ4n) is 18.0. The highest BCUT2D eigenvalue weighted by Crippen LogP contribution is 2.50. The molecule has 24 nitrogen and oxygen atoms in total. The van der Waals surface area contributed by atoms with E-state index in [1.54, 1.807) is 41.3 Å². The van der Waals surface area contributed by atoms with E-state index in [1.807, 2.05) is 69.3 Å². The molecular formula is C90H100ClF18N9O15. The minimum absolute atomic E-state index is 0.0101. The molecule has 9 fully saturated rings. The number of nitrogens with one attached hydrogen (secondary N) is 3. The molecule has 9 heterocycles. The summed E-state index contributed by atoms with van der Waals surface area (Å²) in [5.41, 5.74) is -12.2. The highest BCUT2D eigenvalue weighted by Gasteiger charge is 2.58. The number of ether oxygens (including phenoxy) is 8. The molecule has 0 spiro atoms. The lowest BCUT2D eigenvalue weighted by Gasteiger charge is -2.56. The molecule has 6 amide bonds. The smallest absolute Gasteiger partial charge is 0.416 e. The largest absolute Gasteiger partial charge is 0.447 e. The number of fused-ring (bicyclic) bond motifs is 6. The van der Waals surface area contributed by atoms with E-state index in [4.69, 9.17) is 49.5 Å². The summed E-state index contributed by atoms with van der Waals surface area (Å²) >= 11 is 5.19. The fourth-order valence-corrected chi connectivity index (χ4v) is 18.2. The first-order valence-electron chi connectivity index (χ1n) is 42.7. The van der Waals surface area contributed by atoms with Crippen molar-refractivity contribution in [2.75, 3.05) is 158 Å². The summed E-state index contributed by atoms with van der Waals surface area (Å²) in [5, 5.41) is 18.4. The Kier molecular flexibility index (Phi) is 31.9. The van der Waals surface area contributed by atoms with E-state index in [9.17, 15) is 113 Å². The van der Waals surface area contributed by atoms with Gasteiger partial charge in [-0.3, -0.25) is 33.9 Å². The van der Waals surface area contributed by atoms with Crippen LogP contribution in [-0.2, 0) is 106 Å².